The van der Waals surface area contributed by atoms with Gasteiger partial charge in [-0.2, -0.15) is 8.78 Å². The highest BCUT2D eigenvalue weighted by Gasteiger charge is 2.44. The van der Waals surface area contributed by atoms with Crippen molar-refractivity contribution in [2.45, 2.75) is 109 Å². The third-order valence-corrected chi connectivity index (χ3v) is 11.4. The lowest BCUT2D eigenvalue weighted by atomic mass is 9.66. The van der Waals surface area contributed by atoms with E-state index in [1.54, 1.807) is 6.92 Å². The van der Waals surface area contributed by atoms with E-state index in [0.29, 0.717) is 44.1 Å². The molecule has 4 rings (SSSR count). The van der Waals surface area contributed by atoms with Gasteiger partial charge in [0.15, 0.2) is 11.6 Å². The Morgan fingerprint density at radius 3 is 2.28 bits per heavy atom. The fraction of sp³-hybridized carbons (Fsp3) is 0.611. The molecule has 0 amide bonds. The van der Waals surface area contributed by atoms with Crippen LogP contribution in [0.4, 0.5) is 13.2 Å². The number of alkyl halides is 2. The molecule has 5 nitrogen and oxygen atoms in total. The highest BCUT2D eigenvalue weighted by molar-refractivity contribution is 6.39. The van der Waals surface area contributed by atoms with Crippen LogP contribution in [0.3, 0.4) is 0 Å². The zero-order valence-electron chi connectivity index (χ0n) is 26.6. The molecule has 2 aliphatic carbocycles. The Morgan fingerprint density at radius 1 is 1.11 bits per heavy atom. The van der Waals surface area contributed by atoms with E-state index >= 15 is 8.78 Å². The molecule has 1 heterocycles. The van der Waals surface area contributed by atoms with Crippen LogP contribution in [0.15, 0.2) is 40.9 Å². The van der Waals surface area contributed by atoms with Crippen LogP contribution in [0.2, 0.25) is 10.0 Å². The SMILES string of the molecule is C=CC(F)(F)C1=C(C(=O)C(CCC(=O)c2c(Cl)cc(F)cc2Cl)CCC2CCCC2)C=NC(C)C(C2CCC(C)(C(=O)O)CC2)C1. The topological polar surface area (TPSA) is 83.8 Å². The number of hydrogen-bond acceptors (Lipinski definition) is 4. The number of aliphatic imine (C=N–C) groups is 1. The monoisotopic (exact) mass is 681 g/mol. The molecule has 1 aliphatic heterocycles. The molecule has 3 atom stereocenters. The Morgan fingerprint density at radius 2 is 1.72 bits per heavy atom. The van der Waals surface area contributed by atoms with Crippen molar-refractivity contribution in [1.82, 2.24) is 0 Å². The number of nitrogens with zero attached hydrogens (tertiary/aromatic N) is 1. The summed E-state index contributed by atoms with van der Waals surface area (Å²) in [6.07, 6.45) is 9.30. The number of Topliss-reactive ketones (excluding diaryl/α,β-unsaturated/α-hetero) is 2. The van der Waals surface area contributed by atoms with Crippen molar-refractivity contribution in [1.29, 1.82) is 0 Å². The second-order valence-electron chi connectivity index (χ2n) is 13.8. The Balaban J connectivity index is 1.63. The van der Waals surface area contributed by atoms with Gasteiger partial charge < -0.3 is 5.11 Å². The average molecular weight is 683 g/mol. The van der Waals surface area contributed by atoms with Crippen molar-refractivity contribution >= 4 is 47.0 Å². The Bertz CT molecular complexity index is 1370. The average Bonchev–Trinajstić information content (AvgIpc) is 3.45. The van der Waals surface area contributed by atoms with Crippen molar-refractivity contribution < 1.29 is 32.7 Å². The van der Waals surface area contributed by atoms with Gasteiger partial charge in [0.2, 0.25) is 0 Å². The van der Waals surface area contributed by atoms with E-state index in [-0.39, 0.29) is 63.9 Å². The van der Waals surface area contributed by atoms with Crippen molar-refractivity contribution in [3.63, 3.8) is 0 Å². The highest BCUT2D eigenvalue weighted by Crippen LogP contribution is 2.47. The number of ketones is 2. The molecule has 2 saturated carbocycles. The van der Waals surface area contributed by atoms with E-state index in [1.165, 1.54) is 6.21 Å². The molecule has 252 valence electrons. The number of carboxylic acids is 1. The first-order chi connectivity index (χ1) is 21.7. The van der Waals surface area contributed by atoms with Gasteiger partial charge in [-0.25, -0.2) is 4.39 Å². The van der Waals surface area contributed by atoms with E-state index in [4.69, 9.17) is 23.2 Å². The molecule has 1 aromatic rings. The third-order valence-electron chi connectivity index (χ3n) is 10.8. The Labute approximate surface area is 279 Å². The molecule has 0 saturated heterocycles. The number of carbonyl (C=O) groups is 3. The predicted octanol–water partition coefficient (Wildman–Crippen LogP) is 10.1. The summed E-state index contributed by atoms with van der Waals surface area (Å²) in [5.74, 6) is -6.54. The summed E-state index contributed by atoms with van der Waals surface area (Å²) < 4.78 is 45.1. The molecule has 0 spiro atoms. The molecule has 3 aliphatic rings. The molecule has 0 radical (unpaired) electrons. The van der Waals surface area contributed by atoms with Crippen LogP contribution in [0.5, 0.6) is 0 Å². The summed E-state index contributed by atoms with van der Waals surface area (Å²) in [5, 5.41) is 9.44. The third kappa shape index (κ3) is 8.33. The van der Waals surface area contributed by atoms with Crippen LogP contribution >= 0.6 is 23.2 Å². The highest BCUT2D eigenvalue weighted by atomic mass is 35.5. The predicted molar refractivity (Wildman–Crippen MR) is 176 cm³/mol. The number of halogens is 5. The van der Waals surface area contributed by atoms with Crippen molar-refractivity contribution in [2.75, 3.05) is 0 Å². The Hall–Kier alpha value is -2.45. The molecule has 1 aromatic carbocycles. The van der Waals surface area contributed by atoms with Gasteiger partial charge in [0.05, 0.1) is 27.1 Å². The number of carboxylic acid groups (broad SMARTS) is 1. The Kier molecular flexibility index (Phi) is 12.0. The number of allylic oxidation sites excluding steroid dienone is 3. The molecular weight excluding hydrogens is 638 g/mol. The van der Waals surface area contributed by atoms with Gasteiger partial charge in [0, 0.05) is 29.7 Å². The smallest absolute Gasteiger partial charge is 0.309 e. The van der Waals surface area contributed by atoms with E-state index in [9.17, 15) is 23.9 Å². The van der Waals surface area contributed by atoms with Gasteiger partial charge in [0.25, 0.3) is 5.92 Å². The zero-order valence-corrected chi connectivity index (χ0v) is 28.1. The van der Waals surface area contributed by atoms with Crippen LogP contribution in [-0.2, 0) is 9.59 Å². The summed E-state index contributed by atoms with van der Waals surface area (Å²) in [6.45, 7) is 6.96. The van der Waals surface area contributed by atoms with Crippen LogP contribution in [-0.4, -0.2) is 40.8 Å². The zero-order chi connectivity index (χ0) is 33.8. The van der Waals surface area contributed by atoms with Crippen molar-refractivity contribution in [3.8, 4) is 0 Å². The normalized spacial score (nSPS) is 26.5. The van der Waals surface area contributed by atoms with Crippen LogP contribution < -0.4 is 0 Å². The molecule has 0 bridgehead atoms. The number of aliphatic carboxylic acids is 1. The van der Waals surface area contributed by atoms with E-state index in [2.05, 4.69) is 11.6 Å². The maximum absolute atomic E-state index is 15.7. The second-order valence-corrected chi connectivity index (χ2v) is 14.6. The largest absolute Gasteiger partial charge is 0.481 e. The standard InChI is InChI=1S/C36H44Cl2F3NO4/c1-4-36(40,41)28-19-26(23-13-15-35(3,16-14-23)34(45)46)21(2)42-20-27(28)33(44)24(10-9-22-7-5-6-8-22)11-12-31(43)32-29(37)17-25(39)18-30(32)38/h4,17-18,20-24,26H,1,5-16,19H2,2-3H3,(H,45,46). The van der Waals surface area contributed by atoms with Crippen molar-refractivity contribution in [3.05, 3.63) is 57.4 Å². The quantitative estimate of drug-likeness (QED) is 0.166. The molecule has 0 aromatic heterocycles. The fourth-order valence-corrected chi connectivity index (χ4v) is 8.30. The first kappa shape index (κ1) is 36.4. The van der Waals surface area contributed by atoms with Crippen LogP contribution in [0.1, 0.15) is 108 Å². The molecule has 10 heteroatoms. The fourth-order valence-electron chi connectivity index (χ4n) is 7.63. The number of rotatable bonds is 13. The summed E-state index contributed by atoms with van der Waals surface area (Å²) in [5.41, 5.74) is -1.32. The van der Waals surface area contributed by atoms with Gasteiger partial charge in [-0.15, -0.1) is 0 Å². The number of hydrogen-bond donors (Lipinski definition) is 1. The minimum atomic E-state index is -3.47. The first-order valence-electron chi connectivity index (χ1n) is 16.4. The summed E-state index contributed by atoms with van der Waals surface area (Å²) in [4.78, 5) is 44.0. The maximum atomic E-state index is 15.7. The van der Waals surface area contributed by atoms with Gasteiger partial charge in [-0.1, -0.05) is 55.5 Å². The van der Waals surface area contributed by atoms with Crippen molar-refractivity contribution in [2.24, 2.45) is 34.1 Å². The van der Waals surface area contributed by atoms with Crippen LogP contribution in [0.25, 0.3) is 0 Å². The second kappa shape index (κ2) is 15.2. The van der Waals surface area contributed by atoms with Gasteiger partial charge in [-0.05, 0) is 101 Å². The van der Waals surface area contributed by atoms with E-state index in [0.717, 1.165) is 44.2 Å². The summed E-state index contributed by atoms with van der Waals surface area (Å²) in [6, 6.07) is 1.65. The summed E-state index contributed by atoms with van der Waals surface area (Å²) in [7, 11) is 0. The van der Waals surface area contributed by atoms with Gasteiger partial charge in [-0.3, -0.25) is 19.4 Å². The minimum Gasteiger partial charge on any atom is -0.481 e. The van der Waals surface area contributed by atoms with Gasteiger partial charge in [0.1, 0.15) is 5.82 Å². The van der Waals surface area contributed by atoms with E-state index in [1.807, 2.05) is 6.92 Å². The minimum absolute atomic E-state index is 0.0226. The lowest BCUT2D eigenvalue weighted by molar-refractivity contribution is -0.150. The molecule has 1 N–H and O–H groups in total. The number of benzene rings is 1. The first-order valence-corrected chi connectivity index (χ1v) is 17.2. The molecule has 3 unspecified atom stereocenters. The lowest BCUT2D eigenvalue weighted by Gasteiger charge is -2.39. The summed E-state index contributed by atoms with van der Waals surface area (Å²) >= 11 is 12.3. The number of carbonyl (C=O) groups excluding carboxylic acids is 2. The molecular formula is C36H44Cl2F3NO4. The molecule has 46 heavy (non-hydrogen) atoms. The lowest BCUT2D eigenvalue weighted by Crippen LogP contribution is -2.37. The van der Waals surface area contributed by atoms with E-state index < -0.39 is 40.6 Å². The maximum Gasteiger partial charge on any atom is 0.309 e. The molecule has 2 fully saturated rings. The van der Waals surface area contributed by atoms with Crippen LogP contribution in [0, 0.1) is 34.9 Å². The van der Waals surface area contributed by atoms with Gasteiger partial charge >= 0.3 is 5.97 Å².